The summed E-state index contributed by atoms with van der Waals surface area (Å²) in [5, 5.41) is 7.14. The van der Waals surface area contributed by atoms with Crippen LogP contribution in [0, 0.1) is 0 Å². The van der Waals surface area contributed by atoms with Crippen molar-refractivity contribution in [1.29, 1.82) is 0 Å². The molecule has 84 valence electrons. The van der Waals surface area contributed by atoms with Crippen LogP contribution >= 0.6 is 11.6 Å². The van der Waals surface area contributed by atoms with Crippen molar-refractivity contribution in [3.63, 3.8) is 0 Å². The van der Waals surface area contributed by atoms with Crippen LogP contribution in [0.1, 0.15) is 24.6 Å². The summed E-state index contributed by atoms with van der Waals surface area (Å²) in [4.78, 5) is 0. The van der Waals surface area contributed by atoms with Crippen molar-refractivity contribution in [2.45, 2.75) is 25.6 Å². The van der Waals surface area contributed by atoms with Crippen LogP contribution in [-0.4, -0.2) is 10.2 Å². The van der Waals surface area contributed by atoms with Gasteiger partial charge in [-0.15, -0.1) is 11.6 Å². The summed E-state index contributed by atoms with van der Waals surface area (Å²) < 4.78 is 0. The Balaban J connectivity index is 2.20. The summed E-state index contributed by atoms with van der Waals surface area (Å²) in [5.41, 5.74) is 4.42. The van der Waals surface area contributed by atoms with Crippen molar-refractivity contribution in [1.82, 2.24) is 10.2 Å². The molecular formula is C13H15ClN2. The Bertz CT molecular complexity index is 445. The summed E-state index contributed by atoms with van der Waals surface area (Å²) in [7, 11) is 0. The van der Waals surface area contributed by atoms with Gasteiger partial charge in [0.2, 0.25) is 0 Å². The maximum absolute atomic E-state index is 5.72. The van der Waals surface area contributed by atoms with E-state index in [1.54, 1.807) is 0 Å². The van der Waals surface area contributed by atoms with Crippen LogP contribution in [0.4, 0.5) is 0 Å². The summed E-state index contributed by atoms with van der Waals surface area (Å²) in [6, 6.07) is 10.5. The second-order valence-corrected chi connectivity index (χ2v) is 4.13. The second kappa shape index (κ2) is 5.17. The van der Waals surface area contributed by atoms with E-state index in [0.29, 0.717) is 5.88 Å². The molecule has 0 bridgehead atoms. The molecule has 2 nitrogen and oxygen atoms in total. The van der Waals surface area contributed by atoms with E-state index in [1.807, 2.05) is 6.07 Å². The smallest absolute Gasteiger partial charge is 0.0923 e. The van der Waals surface area contributed by atoms with Gasteiger partial charge in [0.15, 0.2) is 0 Å². The van der Waals surface area contributed by atoms with E-state index in [0.717, 1.165) is 23.4 Å². The maximum Gasteiger partial charge on any atom is 0.0923 e. The molecule has 0 aliphatic carbocycles. The van der Waals surface area contributed by atoms with Gasteiger partial charge in [-0.2, -0.15) is 5.10 Å². The minimum atomic E-state index is 0.473. The zero-order valence-electron chi connectivity index (χ0n) is 9.33. The van der Waals surface area contributed by atoms with E-state index < -0.39 is 0 Å². The number of H-pyrrole nitrogens is 1. The number of aromatic amines is 1. The van der Waals surface area contributed by atoms with Crippen LogP contribution in [0.25, 0.3) is 11.3 Å². The Kier molecular flexibility index (Phi) is 3.62. The first-order chi connectivity index (χ1) is 7.83. The Morgan fingerprint density at radius 1 is 1.25 bits per heavy atom. The number of halogens is 1. The normalized spacial score (nSPS) is 10.6. The van der Waals surface area contributed by atoms with Crippen LogP contribution in [0.2, 0.25) is 0 Å². The first-order valence-electron chi connectivity index (χ1n) is 5.53. The topological polar surface area (TPSA) is 28.7 Å². The van der Waals surface area contributed by atoms with Gasteiger partial charge in [0.05, 0.1) is 17.3 Å². The van der Waals surface area contributed by atoms with Crippen LogP contribution in [-0.2, 0) is 12.3 Å². The third-order valence-electron chi connectivity index (χ3n) is 2.56. The van der Waals surface area contributed by atoms with Gasteiger partial charge < -0.3 is 0 Å². The summed E-state index contributed by atoms with van der Waals surface area (Å²) in [6.07, 6.45) is 2.31. The molecule has 0 unspecified atom stereocenters. The Hall–Kier alpha value is -1.28. The lowest BCUT2D eigenvalue weighted by atomic mass is 10.1. The van der Waals surface area contributed by atoms with Crippen molar-refractivity contribution >= 4 is 11.6 Å². The highest BCUT2D eigenvalue weighted by Gasteiger charge is 2.02. The van der Waals surface area contributed by atoms with Crippen molar-refractivity contribution in [2.24, 2.45) is 0 Å². The maximum atomic E-state index is 5.72. The first-order valence-corrected chi connectivity index (χ1v) is 6.06. The molecule has 2 rings (SSSR count). The highest BCUT2D eigenvalue weighted by Crippen LogP contribution is 2.19. The van der Waals surface area contributed by atoms with Gasteiger partial charge in [0, 0.05) is 5.56 Å². The molecule has 0 spiro atoms. The van der Waals surface area contributed by atoms with E-state index in [2.05, 4.69) is 41.4 Å². The molecule has 0 aliphatic rings. The first kappa shape index (κ1) is 11.2. The third-order valence-corrected chi connectivity index (χ3v) is 2.85. The molecular weight excluding hydrogens is 220 g/mol. The lowest BCUT2D eigenvalue weighted by molar-refractivity contribution is 0.922. The minimum Gasteiger partial charge on any atom is -0.281 e. The molecule has 0 amide bonds. The van der Waals surface area contributed by atoms with E-state index in [-0.39, 0.29) is 0 Å². The fourth-order valence-corrected chi connectivity index (χ4v) is 1.85. The fraction of sp³-hybridized carbons (Fsp3) is 0.308. The molecule has 16 heavy (non-hydrogen) atoms. The minimum absolute atomic E-state index is 0.473. The van der Waals surface area contributed by atoms with Gasteiger partial charge in [-0.25, -0.2) is 0 Å². The average Bonchev–Trinajstić information content (AvgIpc) is 2.79. The van der Waals surface area contributed by atoms with Crippen LogP contribution in [0.5, 0.6) is 0 Å². The zero-order valence-corrected chi connectivity index (χ0v) is 10.1. The number of aromatic nitrogens is 2. The molecule has 1 aromatic heterocycles. The monoisotopic (exact) mass is 234 g/mol. The molecule has 0 fully saturated rings. The summed E-state index contributed by atoms with van der Waals surface area (Å²) in [6.45, 7) is 2.19. The lowest BCUT2D eigenvalue weighted by Gasteiger charge is -2.00. The molecule has 1 N–H and O–H groups in total. The van der Waals surface area contributed by atoms with E-state index >= 15 is 0 Å². The fourth-order valence-electron chi connectivity index (χ4n) is 1.71. The molecule has 0 aliphatic heterocycles. The zero-order chi connectivity index (χ0) is 11.4. The van der Waals surface area contributed by atoms with Crippen LogP contribution in [0.3, 0.4) is 0 Å². The van der Waals surface area contributed by atoms with Crippen LogP contribution in [0.15, 0.2) is 30.3 Å². The van der Waals surface area contributed by atoms with Gasteiger partial charge in [-0.3, -0.25) is 5.10 Å². The van der Waals surface area contributed by atoms with Gasteiger partial charge in [0.25, 0.3) is 0 Å². The molecule has 3 heteroatoms. The average molecular weight is 235 g/mol. The standard InChI is InChI=1S/C13H15ClN2/c1-2-3-10-4-6-11(7-5-10)13-8-12(9-14)15-16-13/h4-8H,2-3,9H2,1H3,(H,15,16). The van der Waals surface area contributed by atoms with Crippen molar-refractivity contribution in [3.8, 4) is 11.3 Å². The number of hydrogen-bond donors (Lipinski definition) is 1. The van der Waals surface area contributed by atoms with Gasteiger partial charge in [-0.1, -0.05) is 37.6 Å². The SMILES string of the molecule is CCCc1ccc(-c2cc(CCl)[nH]n2)cc1. The molecule has 0 atom stereocenters. The summed E-state index contributed by atoms with van der Waals surface area (Å²) >= 11 is 5.72. The van der Waals surface area contributed by atoms with E-state index in [9.17, 15) is 0 Å². The van der Waals surface area contributed by atoms with Gasteiger partial charge in [0.1, 0.15) is 0 Å². The lowest BCUT2D eigenvalue weighted by Crippen LogP contribution is -1.83. The number of rotatable bonds is 4. The predicted molar refractivity (Wildman–Crippen MR) is 67.6 cm³/mol. The van der Waals surface area contributed by atoms with Gasteiger partial charge in [-0.05, 0) is 18.1 Å². The third kappa shape index (κ3) is 2.45. The van der Waals surface area contributed by atoms with Crippen molar-refractivity contribution in [2.75, 3.05) is 0 Å². The number of alkyl halides is 1. The van der Waals surface area contributed by atoms with E-state index in [4.69, 9.17) is 11.6 Å². The number of nitrogens with one attached hydrogen (secondary N) is 1. The largest absolute Gasteiger partial charge is 0.281 e. The molecule has 1 heterocycles. The van der Waals surface area contributed by atoms with E-state index in [1.165, 1.54) is 12.0 Å². The number of hydrogen-bond acceptors (Lipinski definition) is 1. The summed E-state index contributed by atoms with van der Waals surface area (Å²) in [5.74, 6) is 0.473. The highest BCUT2D eigenvalue weighted by molar-refractivity contribution is 6.16. The van der Waals surface area contributed by atoms with Crippen molar-refractivity contribution < 1.29 is 0 Å². The molecule has 1 aromatic carbocycles. The van der Waals surface area contributed by atoms with Gasteiger partial charge >= 0.3 is 0 Å². The Morgan fingerprint density at radius 2 is 2.00 bits per heavy atom. The quantitative estimate of drug-likeness (QED) is 0.802. The Morgan fingerprint density at radius 3 is 2.56 bits per heavy atom. The molecule has 0 saturated heterocycles. The highest BCUT2D eigenvalue weighted by atomic mass is 35.5. The Labute approximate surface area is 101 Å². The number of aryl methyl sites for hydroxylation is 1. The predicted octanol–water partition coefficient (Wildman–Crippen LogP) is 3.77. The van der Waals surface area contributed by atoms with Crippen molar-refractivity contribution in [3.05, 3.63) is 41.6 Å². The second-order valence-electron chi connectivity index (χ2n) is 3.86. The van der Waals surface area contributed by atoms with Crippen LogP contribution < -0.4 is 0 Å². The molecule has 0 saturated carbocycles. The molecule has 2 aromatic rings. The molecule has 0 radical (unpaired) electrons. The number of benzene rings is 1. The number of nitrogens with zero attached hydrogens (tertiary/aromatic N) is 1.